The number of halogens is 1. The number of aromatic nitrogens is 1. The number of imide groups is 2. The number of hydrogen-bond donors (Lipinski definition) is 1. The van der Waals surface area contributed by atoms with Gasteiger partial charge in [-0.15, -0.1) is 0 Å². The van der Waals surface area contributed by atoms with Gasteiger partial charge in [0.1, 0.15) is 5.57 Å². The molecule has 8 heteroatoms. The maximum Gasteiger partial charge on any atom is 0.335 e. The van der Waals surface area contributed by atoms with Crippen molar-refractivity contribution in [3.8, 4) is 5.69 Å². The highest BCUT2D eigenvalue weighted by Crippen LogP contribution is 2.25. The van der Waals surface area contributed by atoms with Crippen molar-refractivity contribution >= 4 is 46.9 Å². The topological polar surface area (TPSA) is 74.7 Å². The molecule has 1 aromatic heterocycles. The van der Waals surface area contributed by atoms with Crippen LogP contribution in [0, 0.1) is 0 Å². The van der Waals surface area contributed by atoms with E-state index in [9.17, 15) is 14.4 Å². The van der Waals surface area contributed by atoms with Gasteiger partial charge in [-0.05, 0) is 60.7 Å². The summed E-state index contributed by atoms with van der Waals surface area (Å²) in [4.78, 5) is 40.8. The fourth-order valence-electron chi connectivity index (χ4n) is 3.31. The highest BCUT2D eigenvalue weighted by molar-refractivity contribution is 6.39. The van der Waals surface area contributed by atoms with Crippen LogP contribution in [0.1, 0.15) is 5.69 Å². The highest BCUT2D eigenvalue weighted by Gasteiger charge is 2.37. The number of benzene rings is 2. The van der Waals surface area contributed by atoms with E-state index in [1.807, 2.05) is 60.1 Å². The summed E-state index contributed by atoms with van der Waals surface area (Å²) in [6.45, 7) is 0. The van der Waals surface area contributed by atoms with Gasteiger partial charge in [-0.2, -0.15) is 0 Å². The van der Waals surface area contributed by atoms with Gasteiger partial charge in [0.25, 0.3) is 11.8 Å². The van der Waals surface area contributed by atoms with Crippen LogP contribution in [0.25, 0.3) is 11.8 Å². The lowest BCUT2D eigenvalue weighted by Gasteiger charge is -2.26. The first-order valence-electron chi connectivity index (χ1n) is 9.47. The minimum atomic E-state index is -0.816. The van der Waals surface area contributed by atoms with E-state index in [0.717, 1.165) is 16.3 Å². The minimum Gasteiger partial charge on any atom is -0.378 e. The number of amides is 4. The molecule has 0 unspecified atom stereocenters. The van der Waals surface area contributed by atoms with Crippen LogP contribution in [0.4, 0.5) is 16.2 Å². The number of anilines is 2. The van der Waals surface area contributed by atoms with Crippen molar-refractivity contribution < 1.29 is 14.4 Å². The summed E-state index contributed by atoms with van der Waals surface area (Å²) in [6.07, 6.45) is 3.31. The van der Waals surface area contributed by atoms with E-state index in [0.29, 0.717) is 10.7 Å². The molecule has 4 rings (SSSR count). The third-order valence-corrected chi connectivity index (χ3v) is 5.12. The van der Waals surface area contributed by atoms with Gasteiger partial charge < -0.3 is 9.47 Å². The minimum absolute atomic E-state index is 0.149. The van der Waals surface area contributed by atoms with Crippen LogP contribution in [-0.2, 0) is 9.59 Å². The first-order valence-corrected chi connectivity index (χ1v) is 9.85. The summed E-state index contributed by atoms with van der Waals surface area (Å²) < 4.78 is 1.85. The number of barbiturate groups is 1. The van der Waals surface area contributed by atoms with Crippen LogP contribution in [-0.4, -0.2) is 36.5 Å². The molecule has 31 heavy (non-hydrogen) atoms. The lowest BCUT2D eigenvalue weighted by Crippen LogP contribution is -2.54. The predicted octanol–water partition coefficient (Wildman–Crippen LogP) is 3.86. The molecular formula is C23H19ClN4O3. The molecule has 1 fully saturated rings. The fraction of sp³-hybridized carbons (Fsp3) is 0.0870. The van der Waals surface area contributed by atoms with Gasteiger partial charge in [0.05, 0.1) is 5.69 Å². The van der Waals surface area contributed by atoms with Crippen molar-refractivity contribution in [1.82, 2.24) is 9.88 Å². The second-order valence-electron chi connectivity index (χ2n) is 7.15. The molecule has 4 amide bonds. The number of hydrogen-bond acceptors (Lipinski definition) is 4. The summed E-state index contributed by atoms with van der Waals surface area (Å²) in [5, 5.41) is 2.59. The standard InChI is InChI=1S/C23H19ClN4O3/c1-26(2)16-8-10-17(11-9-16)27-12-4-7-18(27)14-20-21(29)25-23(31)28(22(20)30)19-6-3-5-15(24)13-19/h3-14H,1-2H3,(H,25,29,31)/b20-14-. The molecule has 0 spiro atoms. The molecule has 156 valence electrons. The lowest BCUT2D eigenvalue weighted by atomic mass is 10.1. The van der Waals surface area contributed by atoms with Crippen molar-refractivity contribution in [3.63, 3.8) is 0 Å². The first-order chi connectivity index (χ1) is 14.8. The Morgan fingerprint density at radius 1 is 0.935 bits per heavy atom. The molecule has 1 aliphatic rings. The normalized spacial score (nSPS) is 15.4. The van der Waals surface area contributed by atoms with Crippen molar-refractivity contribution in [2.75, 3.05) is 23.9 Å². The van der Waals surface area contributed by atoms with Gasteiger partial charge in [0, 0.05) is 42.4 Å². The second kappa shape index (κ2) is 8.12. The summed E-state index contributed by atoms with van der Waals surface area (Å²) in [5.74, 6) is -1.46. The Labute approximate surface area is 184 Å². The van der Waals surface area contributed by atoms with E-state index >= 15 is 0 Å². The van der Waals surface area contributed by atoms with Crippen LogP contribution in [0.15, 0.2) is 72.4 Å². The van der Waals surface area contributed by atoms with Crippen LogP contribution >= 0.6 is 11.6 Å². The van der Waals surface area contributed by atoms with E-state index in [4.69, 9.17) is 11.6 Å². The number of nitrogens with one attached hydrogen (secondary N) is 1. The molecule has 0 radical (unpaired) electrons. The fourth-order valence-corrected chi connectivity index (χ4v) is 3.50. The molecule has 0 atom stereocenters. The highest BCUT2D eigenvalue weighted by atomic mass is 35.5. The smallest absolute Gasteiger partial charge is 0.335 e. The van der Waals surface area contributed by atoms with Crippen molar-refractivity contribution in [3.05, 3.63) is 83.2 Å². The summed E-state index contributed by atoms with van der Waals surface area (Å²) in [5.41, 5.74) is 2.67. The van der Waals surface area contributed by atoms with Crippen molar-refractivity contribution in [1.29, 1.82) is 0 Å². The zero-order valence-corrected chi connectivity index (χ0v) is 17.6. The van der Waals surface area contributed by atoms with E-state index < -0.39 is 17.8 Å². The quantitative estimate of drug-likeness (QED) is 0.499. The molecule has 0 bridgehead atoms. The zero-order valence-electron chi connectivity index (χ0n) is 16.9. The van der Waals surface area contributed by atoms with Crippen LogP contribution in [0.5, 0.6) is 0 Å². The van der Waals surface area contributed by atoms with Crippen LogP contribution in [0.3, 0.4) is 0 Å². The average molecular weight is 435 g/mol. The molecule has 0 saturated carbocycles. The van der Waals surface area contributed by atoms with Crippen LogP contribution < -0.4 is 15.1 Å². The molecule has 1 saturated heterocycles. The number of carbonyl (C=O) groups is 3. The van der Waals surface area contributed by atoms with Gasteiger partial charge in [-0.25, -0.2) is 9.69 Å². The van der Waals surface area contributed by atoms with Crippen molar-refractivity contribution in [2.24, 2.45) is 0 Å². The Morgan fingerprint density at radius 2 is 1.68 bits per heavy atom. The number of urea groups is 1. The molecule has 0 aliphatic carbocycles. The lowest BCUT2D eigenvalue weighted by molar-refractivity contribution is -0.122. The Morgan fingerprint density at radius 3 is 2.35 bits per heavy atom. The maximum atomic E-state index is 13.1. The van der Waals surface area contributed by atoms with Gasteiger partial charge in [-0.1, -0.05) is 17.7 Å². The largest absolute Gasteiger partial charge is 0.378 e. The number of nitrogens with zero attached hydrogens (tertiary/aromatic N) is 3. The zero-order chi connectivity index (χ0) is 22.1. The summed E-state index contributed by atoms with van der Waals surface area (Å²) >= 11 is 6.00. The third kappa shape index (κ3) is 3.95. The Balaban J connectivity index is 1.71. The SMILES string of the molecule is CN(C)c1ccc(-n2cccc2/C=C2/C(=O)NC(=O)N(c3cccc(Cl)c3)C2=O)cc1. The molecule has 7 nitrogen and oxygen atoms in total. The molecule has 2 heterocycles. The second-order valence-corrected chi connectivity index (χ2v) is 7.59. The average Bonchev–Trinajstić information content (AvgIpc) is 3.19. The van der Waals surface area contributed by atoms with Crippen molar-refractivity contribution in [2.45, 2.75) is 0 Å². The van der Waals surface area contributed by atoms with Gasteiger partial charge in [0.2, 0.25) is 0 Å². The molecule has 1 N–H and O–H groups in total. The van der Waals surface area contributed by atoms with Gasteiger partial charge in [0.15, 0.2) is 0 Å². The third-order valence-electron chi connectivity index (χ3n) is 4.88. The maximum absolute atomic E-state index is 13.1. The van der Waals surface area contributed by atoms with E-state index in [1.165, 1.54) is 12.1 Å². The van der Waals surface area contributed by atoms with E-state index in [1.54, 1.807) is 24.3 Å². The Kier molecular flexibility index (Phi) is 5.35. The van der Waals surface area contributed by atoms with Gasteiger partial charge in [-0.3, -0.25) is 14.9 Å². The molecule has 3 aromatic rings. The monoisotopic (exact) mass is 434 g/mol. The number of rotatable bonds is 4. The summed E-state index contributed by atoms with van der Waals surface area (Å²) in [7, 11) is 3.92. The summed E-state index contributed by atoms with van der Waals surface area (Å²) in [6, 6.07) is 17.0. The molecule has 1 aliphatic heterocycles. The number of carbonyl (C=O) groups excluding carboxylic acids is 3. The van der Waals surface area contributed by atoms with E-state index in [-0.39, 0.29) is 11.3 Å². The predicted molar refractivity (Wildman–Crippen MR) is 121 cm³/mol. The van der Waals surface area contributed by atoms with E-state index in [2.05, 4.69) is 5.32 Å². The Bertz CT molecular complexity index is 1210. The van der Waals surface area contributed by atoms with Crippen LogP contribution in [0.2, 0.25) is 5.02 Å². The van der Waals surface area contributed by atoms with Gasteiger partial charge >= 0.3 is 6.03 Å². The first kappa shape index (κ1) is 20.4. The Hall–Kier alpha value is -3.84. The molecule has 2 aromatic carbocycles. The molecular weight excluding hydrogens is 416 g/mol.